The number of carboxylic acids is 1. The van der Waals surface area contributed by atoms with Gasteiger partial charge in [-0.25, -0.2) is 4.79 Å². The molecule has 5 heteroatoms. The van der Waals surface area contributed by atoms with Crippen molar-refractivity contribution in [2.45, 2.75) is 26.2 Å². The normalized spacial score (nSPS) is 10.6. The lowest BCUT2D eigenvalue weighted by atomic mass is 10.2. The Labute approximate surface area is 112 Å². The summed E-state index contributed by atoms with van der Waals surface area (Å²) in [5.41, 5.74) is 0.825. The molecule has 0 amide bonds. The number of aliphatic carboxylic acids is 1. The van der Waals surface area contributed by atoms with E-state index >= 15 is 0 Å². The summed E-state index contributed by atoms with van der Waals surface area (Å²) in [4.78, 5) is 14.7. The van der Waals surface area contributed by atoms with Crippen molar-refractivity contribution in [2.24, 2.45) is 5.16 Å². The van der Waals surface area contributed by atoms with E-state index in [1.54, 1.807) is 0 Å². The lowest BCUT2D eigenvalue weighted by molar-refractivity contribution is -0.142. The molecule has 0 aliphatic carbocycles. The van der Waals surface area contributed by atoms with Crippen LogP contribution in [0.4, 0.5) is 0 Å². The first-order valence-corrected chi connectivity index (χ1v) is 6.32. The number of hydrogen-bond donors (Lipinski definition) is 1. The Bertz CT molecular complexity index is 400. The van der Waals surface area contributed by atoms with Gasteiger partial charge in [0.05, 0.1) is 12.8 Å². The van der Waals surface area contributed by atoms with Crippen LogP contribution in [0.25, 0.3) is 0 Å². The number of carbonyl (C=O) groups is 1. The summed E-state index contributed by atoms with van der Waals surface area (Å²) < 4.78 is 5.57. The fraction of sp³-hybridized carbons (Fsp3) is 0.429. The van der Waals surface area contributed by atoms with Gasteiger partial charge in [0.25, 0.3) is 0 Å². The number of carboxylic acid groups (broad SMARTS) is 1. The van der Waals surface area contributed by atoms with E-state index in [-0.39, 0.29) is 0 Å². The molecule has 1 aromatic rings. The average Bonchev–Trinajstić information content (AvgIpc) is 2.41. The maximum Gasteiger partial charge on any atom is 0.344 e. The van der Waals surface area contributed by atoms with Crippen molar-refractivity contribution >= 4 is 12.2 Å². The predicted molar refractivity (Wildman–Crippen MR) is 72.6 cm³/mol. The molecule has 5 nitrogen and oxygen atoms in total. The molecule has 0 aromatic heterocycles. The van der Waals surface area contributed by atoms with Crippen LogP contribution in [0.5, 0.6) is 5.75 Å². The largest absolute Gasteiger partial charge is 0.494 e. The molecule has 0 aliphatic rings. The van der Waals surface area contributed by atoms with Crippen LogP contribution < -0.4 is 4.74 Å². The third-order valence-electron chi connectivity index (χ3n) is 2.36. The van der Waals surface area contributed by atoms with Crippen LogP contribution >= 0.6 is 0 Å². The minimum Gasteiger partial charge on any atom is -0.494 e. The minimum atomic E-state index is -1.05. The summed E-state index contributed by atoms with van der Waals surface area (Å²) in [5, 5.41) is 11.9. The van der Waals surface area contributed by atoms with Gasteiger partial charge in [-0.05, 0) is 36.2 Å². The number of oxime groups is 1. The summed E-state index contributed by atoms with van der Waals surface area (Å²) >= 11 is 0. The number of nitrogens with zero attached hydrogens (tertiary/aromatic N) is 1. The van der Waals surface area contributed by atoms with Gasteiger partial charge in [-0.2, -0.15) is 0 Å². The second-order valence-corrected chi connectivity index (χ2v) is 4.03. The third kappa shape index (κ3) is 7.08. The van der Waals surface area contributed by atoms with Gasteiger partial charge in [0.1, 0.15) is 5.75 Å². The standard InChI is InChI=1S/C14H19NO4/c1-2-3-4-9-18-13-7-5-12(6-8-13)10-15-19-11-14(16)17/h5-8,10H,2-4,9,11H2,1H3,(H,16,17). The molecule has 1 aromatic carbocycles. The first-order valence-electron chi connectivity index (χ1n) is 6.32. The van der Waals surface area contributed by atoms with Crippen molar-refractivity contribution < 1.29 is 19.5 Å². The van der Waals surface area contributed by atoms with Crippen molar-refractivity contribution in [1.29, 1.82) is 0 Å². The fourth-order valence-electron chi connectivity index (χ4n) is 1.38. The first-order chi connectivity index (χ1) is 9.22. The smallest absolute Gasteiger partial charge is 0.344 e. The molecule has 1 N–H and O–H groups in total. The molecule has 0 aliphatic heterocycles. The van der Waals surface area contributed by atoms with E-state index < -0.39 is 12.6 Å². The van der Waals surface area contributed by atoms with Gasteiger partial charge in [0.2, 0.25) is 6.61 Å². The van der Waals surface area contributed by atoms with Crippen LogP contribution in [0.15, 0.2) is 29.4 Å². The molecule has 0 atom stereocenters. The van der Waals surface area contributed by atoms with Crippen molar-refractivity contribution in [3.63, 3.8) is 0 Å². The molecule has 0 spiro atoms. The van der Waals surface area contributed by atoms with E-state index in [9.17, 15) is 4.79 Å². The highest BCUT2D eigenvalue weighted by Gasteiger charge is 1.95. The highest BCUT2D eigenvalue weighted by molar-refractivity contribution is 5.79. The summed E-state index contributed by atoms with van der Waals surface area (Å²) in [6, 6.07) is 7.38. The zero-order chi connectivity index (χ0) is 13.9. The molecule has 0 saturated heterocycles. The van der Waals surface area contributed by atoms with Crippen LogP contribution in [0, 0.1) is 0 Å². The lowest BCUT2D eigenvalue weighted by Crippen LogP contribution is -2.03. The van der Waals surface area contributed by atoms with Gasteiger partial charge in [-0.1, -0.05) is 24.9 Å². The molecule has 0 bridgehead atoms. The van der Waals surface area contributed by atoms with Crippen molar-refractivity contribution in [1.82, 2.24) is 0 Å². The summed E-state index contributed by atoms with van der Waals surface area (Å²) in [6.07, 6.45) is 4.87. The van der Waals surface area contributed by atoms with Crippen molar-refractivity contribution in [2.75, 3.05) is 13.2 Å². The molecule has 104 valence electrons. The first kappa shape index (κ1) is 15.0. The maximum atomic E-state index is 10.2. The monoisotopic (exact) mass is 265 g/mol. The zero-order valence-corrected chi connectivity index (χ0v) is 11.0. The summed E-state index contributed by atoms with van der Waals surface area (Å²) in [7, 11) is 0. The van der Waals surface area contributed by atoms with Gasteiger partial charge in [0, 0.05) is 0 Å². The van der Waals surface area contributed by atoms with Gasteiger partial charge in [-0.15, -0.1) is 0 Å². The second-order valence-electron chi connectivity index (χ2n) is 4.03. The van der Waals surface area contributed by atoms with Crippen LogP contribution in [-0.2, 0) is 9.63 Å². The highest BCUT2D eigenvalue weighted by Crippen LogP contribution is 2.11. The number of ether oxygens (including phenoxy) is 1. The predicted octanol–water partition coefficient (Wildman–Crippen LogP) is 2.69. The zero-order valence-electron chi connectivity index (χ0n) is 11.0. The van der Waals surface area contributed by atoms with Gasteiger partial charge < -0.3 is 14.7 Å². The van der Waals surface area contributed by atoms with E-state index in [1.165, 1.54) is 19.1 Å². The fourth-order valence-corrected chi connectivity index (χ4v) is 1.38. The van der Waals surface area contributed by atoms with E-state index in [4.69, 9.17) is 9.84 Å². The van der Waals surface area contributed by atoms with Gasteiger partial charge >= 0.3 is 5.97 Å². The Morgan fingerprint density at radius 1 is 1.32 bits per heavy atom. The number of hydrogen-bond acceptors (Lipinski definition) is 4. The topological polar surface area (TPSA) is 68.1 Å². The van der Waals surface area contributed by atoms with Crippen LogP contribution in [0.3, 0.4) is 0 Å². The SMILES string of the molecule is CCCCCOc1ccc(C=NOCC(=O)O)cc1. The molecular weight excluding hydrogens is 246 g/mol. The third-order valence-corrected chi connectivity index (χ3v) is 2.36. The molecule has 0 fully saturated rings. The van der Waals surface area contributed by atoms with E-state index in [0.717, 1.165) is 24.3 Å². The summed E-state index contributed by atoms with van der Waals surface area (Å²) in [5.74, 6) is -0.229. The Hall–Kier alpha value is -2.04. The molecule has 1 rings (SSSR count). The number of unbranched alkanes of at least 4 members (excludes halogenated alkanes) is 2. The van der Waals surface area contributed by atoms with Gasteiger partial charge in [-0.3, -0.25) is 0 Å². The molecule has 0 saturated carbocycles. The molecular formula is C14H19NO4. The minimum absolute atomic E-state index is 0.435. The van der Waals surface area contributed by atoms with Crippen LogP contribution in [-0.4, -0.2) is 30.5 Å². The van der Waals surface area contributed by atoms with E-state index in [0.29, 0.717) is 0 Å². The Kier molecular flexibility index (Phi) is 7.09. The number of rotatable bonds is 9. The Morgan fingerprint density at radius 3 is 2.68 bits per heavy atom. The lowest BCUT2D eigenvalue weighted by Gasteiger charge is -2.05. The second kappa shape index (κ2) is 8.97. The quantitative estimate of drug-likeness (QED) is 0.423. The molecule has 0 radical (unpaired) electrons. The Balaban J connectivity index is 2.32. The van der Waals surface area contributed by atoms with E-state index in [2.05, 4.69) is 16.9 Å². The van der Waals surface area contributed by atoms with Crippen molar-refractivity contribution in [3.05, 3.63) is 29.8 Å². The molecule has 0 unspecified atom stereocenters. The summed E-state index contributed by atoms with van der Waals surface area (Å²) in [6.45, 7) is 2.44. The maximum absolute atomic E-state index is 10.2. The van der Waals surface area contributed by atoms with Crippen LogP contribution in [0.2, 0.25) is 0 Å². The van der Waals surface area contributed by atoms with E-state index in [1.807, 2.05) is 24.3 Å². The van der Waals surface area contributed by atoms with Crippen LogP contribution in [0.1, 0.15) is 31.7 Å². The van der Waals surface area contributed by atoms with Gasteiger partial charge in [0.15, 0.2) is 0 Å². The van der Waals surface area contributed by atoms with Crippen molar-refractivity contribution in [3.8, 4) is 5.75 Å². The Morgan fingerprint density at radius 2 is 2.05 bits per heavy atom. The average molecular weight is 265 g/mol. The number of benzene rings is 1. The molecule has 19 heavy (non-hydrogen) atoms. The molecule has 0 heterocycles. The highest BCUT2D eigenvalue weighted by atomic mass is 16.6.